The number of ether oxygens (including phenoxy) is 1. The molecule has 120 valence electrons. The number of hydrogen-bond acceptors (Lipinski definition) is 5. The molecule has 0 bridgehead atoms. The van der Waals surface area contributed by atoms with E-state index in [4.69, 9.17) is 4.74 Å². The fourth-order valence-corrected chi connectivity index (χ4v) is 2.60. The zero-order chi connectivity index (χ0) is 15.4. The minimum atomic E-state index is 0.0722. The lowest BCUT2D eigenvalue weighted by molar-refractivity contribution is 0.183. The van der Waals surface area contributed by atoms with E-state index in [-0.39, 0.29) is 6.03 Å². The highest BCUT2D eigenvalue weighted by Crippen LogP contribution is 2.27. The van der Waals surface area contributed by atoms with Crippen molar-refractivity contribution in [1.82, 2.24) is 20.2 Å². The van der Waals surface area contributed by atoms with Gasteiger partial charge in [0, 0.05) is 37.9 Å². The lowest BCUT2D eigenvalue weighted by atomic mass is 10.1. The number of rotatable bonds is 5. The maximum Gasteiger partial charge on any atom is 0.317 e. The first-order valence-electron chi connectivity index (χ1n) is 7.91. The van der Waals surface area contributed by atoms with E-state index in [1.807, 2.05) is 4.90 Å². The Labute approximate surface area is 130 Å². The minimum absolute atomic E-state index is 0.0722. The predicted octanol–water partition coefficient (Wildman–Crippen LogP) is 1.48. The molecule has 2 heterocycles. The van der Waals surface area contributed by atoms with Crippen LogP contribution >= 0.6 is 0 Å². The number of likely N-dealkylation sites (tertiary alicyclic amines) is 1. The molecule has 0 unspecified atom stereocenters. The fraction of sp³-hybridized carbons (Fsp3) is 0.667. The van der Waals surface area contributed by atoms with Crippen LogP contribution in [-0.2, 0) is 0 Å². The third kappa shape index (κ3) is 3.99. The van der Waals surface area contributed by atoms with E-state index in [1.54, 1.807) is 19.4 Å². The normalized spacial score (nSPS) is 18.9. The van der Waals surface area contributed by atoms with Crippen molar-refractivity contribution < 1.29 is 9.53 Å². The van der Waals surface area contributed by atoms with Crippen LogP contribution in [0.5, 0.6) is 5.88 Å². The van der Waals surface area contributed by atoms with Crippen molar-refractivity contribution in [1.29, 1.82) is 0 Å². The van der Waals surface area contributed by atoms with Crippen LogP contribution in [0.1, 0.15) is 25.7 Å². The van der Waals surface area contributed by atoms with Crippen LogP contribution in [0, 0.1) is 5.92 Å². The van der Waals surface area contributed by atoms with Gasteiger partial charge in [-0.15, -0.1) is 0 Å². The number of nitrogens with zero attached hydrogens (tertiary/aromatic N) is 3. The minimum Gasteiger partial charge on any atom is -0.481 e. The molecule has 0 aromatic carbocycles. The van der Waals surface area contributed by atoms with E-state index in [1.165, 1.54) is 12.8 Å². The second-order valence-corrected chi connectivity index (χ2v) is 5.96. The maximum atomic E-state index is 12.0. The third-order valence-corrected chi connectivity index (χ3v) is 4.19. The van der Waals surface area contributed by atoms with Crippen LogP contribution in [0.3, 0.4) is 0 Å². The first-order chi connectivity index (χ1) is 10.7. The molecular weight excluding hydrogens is 282 g/mol. The summed E-state index contributed by atoms with van der Waals surface area (Å²) >= 11 is 0. The molecule has 1 aliphatic heterocycles. The standard InChI is InChI=1S/C15H23N5O2/c1-22-13-4-7-16-14(19-13)18-12-5-8-20(9-6-12)15(21)17-10-11-2-3-11/h4,7,11-12H,2-3,5-6,8-10H2,1H3,(H,17,21)(H,16,18,19). The quantitative estimate of drug-likeness (QED) is 0.861. The second-order valence-electron chi connectivity index (χ2n) is 5.96. The lowest BCUT2D eigenvalue weighted by Crippen LogP contribution is -2.47. The molecule has 0 atom stereocenters. The van der Waals surface area contributed by atoms with Gasteiger partial charge in [-0.3, -0.25) is 0 Å². The molecule has 7 nitrogen and oxygen atoms in total. The Kier molecular flexibility index (Phi) is 4.60. The Hall–Kier alpha value is -2.05. The van der Waals surface area contributed by atoms with E-state index in [9.17, 15) is 4.79 Å². The first kappa shape index (κ1) is 14.9. The van der Waals surface area contributed by atoms with E-state index in [0.717, 1.165) is 32.5 Å². The lowest BCUT2D eigenvalue weighted by Gasteiger charge is -2.32. The van der Waals surface area contributed by atoms with Crippen molar-refractivity contribution in [2.24, 2.45) is 5.92 Å². The van der Waals surface area contributed by atoms with Crippen LogP contribution in [0.25, 0.3) is 0 Å². The highest BCUT2D eigenvalue weighted by molar-refractivity contribution is 5.74. The number of carbonyl (C=O) groups excluding carboxylic acids is 1. The van der Waals surface area contributed by atoms with E-state index >= 15 is 0 Å². The van der Waals surface area contributed by atoms with Crippen molar-refractivity contribution in [2.75, 3.05) is 32.1 Å². The zero-order valence-electron chi connectivity index (χ0n) is 12.9. The highest BCUT2D eigenvalue weighted by Gasteiger charge is 2.26. The number of anilines is 1. The fourth-order valence-electron chi connectivity index (χ4n) is 2.60. The van der Waals surface area contributed by atoms with Gasteiger partial charge in [0.05, 0.1) is 7.11 Å². The van der Waals surface area contributed by atoms with Gasteiger partial charge in [-0.05, 0) is 31.6 Å². The molecule has 3 rings (SSSR count). The summed E-state index contributed by atoms with van der Waals surface area (Å²) in [4.78, 5) is 22.4. The average Bonchev–Trinajstić information content (AvgIpc) is 3.38. The molecular formula is C15H23N5O2. The molecule has 2 fully saturated rings. The molecule has 1 aliphatic carbocycles. The Balaban J connectivity index is 1.43. The first-order valence-corrected chi connectivity index (χ1v) is 7.91. The summed E-state index contributed by atoms with van der Waals surface area (Å²) in [7, 11) is 1.59. The number of carbonyl (C=O) groups is 1. The second kappa shape index (κ2) is 6.81. The third-order valence-electron chi connectivity index (χ3n) is 4.19. The number of aromatic nitrogens is 2. The molecule has 1 aromatic heterocycles. The van der Waals surface area contributed by atoms with Gasteiger partial charge in [-0.25, -0.2) is 9.78 Å². The van der Waals surface area contributed by atoms with E-state index < -0.39 is 0 Å². The smallest absolute Gasteiger partial charge is 0.317 e. The van der Waals surface area contributed by atoms with Crippen molar-refractivity contribution in [3.05, 3.63) is 12.3 Å². The van der Waals surface area contributed by atoms with Gasteiger partial charge >= 0.3 is 6.03 Å². The molecule has 1 aromatic rings. The van der Waals surface area contributed by atoms with Crippen LogP contribution in [-0.4, -0.2) is 53.7 Å². The van der Waals surface area contributed by atoms with Gasteiger partial charge < -0.3 is 20.3 Å². The number of piperidine rings is 1. The predicted molar refractivity (Wildman–Crippen MR) is 82.9 cm³/mol. The largest absolute Gasteiger partial charge is 0.481 e. The monoisotopic (exact) mass is 305 g/mol. The van der Waals surface area contributed by atoms with Gasteiger partial charge in [0.25, 0.3) is 0 Å². The van der Waals surface area contributed by atoms with Crippen molar-refractivity contribution in [2.45, 2.75) is 31.7 Å². The number of amides is 2. The average molecular weight is 305 g/mol. The SMILES string of the molecule is COc1ccnc(NC2CCN(C(=O)NCC3CC3)CC2)n1. The van der Waals surface area contributed by atoms with Gasteiger partial charge in [0.2, 0.25) is 11.8 Å². The molecule has 1 saturated heterocycles. The Morgan fingerprint density at radius 2 is 2.14 bits per heavy atom. The summed E-state index contributed by atoms with van der Waals surface area (Å²) in [5.74, 6) is 1.85. The van der Waals surface area contributed by atoms with Crippen LogP contribution < -0.4 is 15.4 Å². The highest BCUT2D eigenvalue weighted by atomic mass is 16.5. The summed E-state index contributed by atoms with van der Waals surface area (Å²) in [5.41, 5.74) is 0. The van der Waals surface area contributed by atoms with Crippen LogP contribution in [0.2, 0.25) is 0 Å². The summed E-state index contributed by atoms with van der Waals surface area (Å²) in [5, 5.41) is 6.33. The summed E-state index contributed by atoms with van der Waals surface area (Å²) < 4.78 is 5.09. The van der Waals surface area contributed by atoms with E-state index in [0.29, 0.717) is 23.8 Å². The number of methoxy groups -OCH3 is 1. The molecule has 0 spiro atoms. The summed E-state index contributed by atoms with van der Waals surface area (Å²) in [6.07, 6.45) is 5.99. The molecule has 0 radical (unpaired) electrons. The molecule has 22 heavy (non-hydrogen) atoms. The topological polar surface area (TPSA) is 79.4 Å². The van der Waals surface area contributed by atoms with Gasteiger partial charge in [0.15, 0.2) is 0 Å². The number of nitrogens with one attached hydrogen (secondary N) is 2. The van der Waals surface area contributed by atoms with Crippen molar-refractivity contribution >= 4 is 12.0 Å². The van der Waals surface area contributed by atoms with Gasteiger partial charge in [-0.2, -0.15) is 4.98 Å². The van der Waals surface area contributed by atoms with E-state index in [2.05, 4.69) is 20.6 Å². The van der Waals surface area contributed by atoms with Crippen LogP contribution in [0.4, 0.5) is 10.7 Å². The molecule has 1 saturated carbocycles. The van der Waals surface area contributed by atoms with Crippen molar-refractivity contribution in [3.8, 4) is 5.88 Å². The van der Waals surface area contributed by atoms with Gasteiger partial charge in [0.1, 0.15) is 0 Å². The van der Waals surface area contributed by atoms with Gasteiger partial charge in [-0.1, -0.05) is 0 Å². The molecule has 2 amide bonds. The summed E-state index contributed by atoms with van der Waals surface area (Å²) in [6, 6.07) is 2.08. The molecule has 2 aliphatic rings. The van der Waals surface area contributed by atoms with Crippen LogP contribution in [0.15, 0.2) is 12.3 Å². The molecule has 7 heteroatoms. The zero-order valence-corrected chi connectivity index (χ0v) is 12.9. The maximum absolute atomic E-state index is 12.0. The Morgan fingerprint density at radius 3 is 2.82 bits per heavy atom. The molecule has 2 N–H and O–H groups in total. The number of hydrogen-bond donors (Lipinski definition) is 2. The van der Waals surface area contributed by atoms with Crippen molar-refractivity contribution in [3.63, 3.8) is 0 Å². The number of urea groups is 1. The Bertz CT molecular complexity index is 512. The summed E-state index contributed by atoms with van der Waals surface area (Å²) in [6.45, 7) is 2.35. The Morgan fingerprint density at radius 1 is 1.36 bits per heavy atom.